The van der Waals surface area contributed by atoms with Crippen LogP contribution in [0.4, 0.5) is 4.39 Å². The van der Waals surface area contributed by atoms with E-state index in [1.807, 2.05) is 0 Å². The SMILES string of the molecule is FCCCn1cnc2c(Cl)nc(Cl)nc21. The summed E-state index contributed by atoms with van der Waals surface area (Å²) >= 11 is 11.5. The predicted octanol–water partition coefficient (Wildman–Crippen LogP) is 2.49. The van der Waals surface area contributed by atoms with Crippen LogP contribution in [0.3, 0.4) is 0 Å². The molecule has 2 heterocycles. The Balaban J connectivity index is 2.49. The van der Waals surface area contributed by atoms with Crippen LogP contribution in [-0.2, 0) is 6.54 Å². The molecule has 7 heteroatoms. The molecule has 0 fully saturated rings. The Morgan fingerprint density at radius 2 is 2.13 bits per heavy atom. The maximum Gasteiger partial charge on any atom is 0.225 e. The summed E-state index contributed by atoms with van der Waals surface area (Å²) in [6, 6.07) is 0. The number of hydrogen-bond acceptors (Lipinski definition) is 3. The van der Waals surface area contributed by atoms with Crippen LogP contribution in [0.25, 0.3) is 11.2 Å². The van der Waals surface area contributed by atoms with Crippen LogP contribution < -0.4 is 0 Å². The molecule has 0 aliphatic heterocycles. The van der Waals surface area contributed by atoms with E-state index < -0.39 is 0 Å². The summed E-state index contributed by atoms with van der Waals surface area (Å²) in [7, 11) is 0. The Labute approximate surface area is 95.1 Å². The first-order chi connectivity index (χ1) is 7.22. The minimum atomic E-state index is -0.383. The fraction of sp³-hybridized carbons (Fsp3) is 0.375. The van der Waals surface area contributed by atoms with Gasteiger partial charge in [0.15, 0.2) is 10.8 Å². The number of nitrogens with zero attached hydrogens (tertiary/aromatic N) is 4. The lowest BCUT2D eigenvalue weighted by atomic mass is 10.4. The summed E-state index contributed by atoms with van der Waals surface area (Å²) in [4.78, 5) is 11.8. The zero-order chi connectivity index (χ0) is 10.8. The highest BCUT2D eigenvalue weighted by Gasteiger charge is 2.10. The fourth-order valence-electron chi connectivity index (χ4n) is 1.28. The van der Waals surface area contributed by atoms with E-state index in [1.54, 1.807) is 10.9 Å². The Morgan fingerprint density at radius 3 is 2.87 bits per heavy atom. The van der Waals surface area contributed by atoms with E-state index in [0.29, 0.717) is 24.1 Å². The Hall–Kier alpha value is -0.940. The molecule has 0 aromatic carbocycles. The van der Waals surface area contributed by atoms with Crippen molar-refractivity contribution >= 4 is 34.4 Å². The first-order valence-corrected chi connectivity index (χ1v) is 5.08. The third-order valence-corrected chi connectivity index (χ3v) is 2.36. The topological polar surface area (TPSA) is 43.6 Å². The van der Waals surface area contributed by atoms with Gasteiger partial charge in [-0.3, -0.25) is 4.39 Å². The lowest BCUT2D eigenvalue weighted by Gasteiger charge is -2.00. The third kappa shape index (κ3) is 2.03. The van der Waals surface area contributed by atoms with E-state index in [-0.39, 0.29) is 17.1 Å². The van der Waals surface area contributed by atoms with E-state index in [4.69, 9.17) is 23.2 Å². The second kappa shape index (κ2) is 4.28. The van der Waals surface area contributed by atoms with Crippen LogP contribution in [0.1, 0.15) is 6.42 Å². The van der Waals surface area contributed by atoms with Crippen LogP contribution >= 0.6 is 23.2 Å². The second-order valence-electron chi connectivity index (χ2n) is 2.94. The number of hydrogen-bond donors (Lipinski definition) is 0. The second-order valence-corrected chi connectivity index (χ2v) is 3.63. The van der Waals surface area contributed by atoms with Crippen molar-refractivity contribution in [2.45, 2.75) is 13.0 Å². The zero-order valence-corrected chi connectivity index (χ0v) is 9.13. The molecule has 2 rings (SSSR count). The minimum absolute atomic E-state index is 0.0644. The summed E-state index contributed by atoms with van der Waals surface area (Å²) in [5.74, 6) is 0. The molecule has 0 N–H and O–H groups in total. The molecule has 80 valence electrons. The Morgan fingerprint density at radius 1 is 1.33 bits per heavy atom. The normalized spacial score (nSPS) is 11.1. The van der Waals surface area contributed by atoms with Crippen LogP contribution in [0.5, 0.6) is 0 Å². The smallest absolute Gasteiger partial charge is 0.225 e. The number of alkyl halides is 1. The Bertz CT molecular complexity index is 485. The van der Waals surface area contributed by atoms with Gasteiger partial charge in [-0.2, -0.15) is 4.98 Å². The molecule has 0 aliphatic carbocycles. The molecule has 0 radical (unpaired) electrons. The number of fused-ring (bicyclic) bond motifs is 1. The highest BCUT2D eigenvalue weighted by atomic mass is 35.5. The number of imidazole rings is 1. The average molecular weight is 249 g/mol. The van der Waals surface area contributed by atoms with Crippen LogP contribution in [0, 0.1) is 0 Å². The van der Waals surface area contributed by atoms with Gasteiger partial charge in [-0.1, -0.05) is 11.6 Å². The van der Waals surface area contributed by atoms with Crippen molar-refractivity contribution in [1.29, 1.82) is 0 Å². The summed E-state index contributed by atoms with van der Waals surface area (Å²) < 4.78 is 13.7. The van der Waals surface area contributed by atoms with E-state index >= 15 is 0 Å². The molecule has 0 bridgehead atoms. The van der Waals surface area contributed by atoms with Gasteiger partial charge in [0.1, 0.15) is 5.52 Å². The molecule has 0 aliphatic rings. The average Bonchev–Trinajstić information content (AvgIpc) is 2.58. The zero-order valence-electron chi connectivity index (χ0n) is 7.62. The van der Waals surface area contributed by atoms with Gasteiger partial charge in [-0.15, -0.1) is 0 Å². The van der Waals surface area contributed by atoms with Crippen molar-refractivity contribution < 1.29 is 4.39 Å². The number of aromatic nitrogens is 4. The fourth-order valence-corrected chi connectivity index (χ4v) is 1.70. The van der Waals surface area contributed by atoms with E-state index in [0.717, 1.165) is 0 Å². The molecule has 4 nitrogen and oxygen atoms in total. The number of aryl methyl sites for hydroxylation is 1. The van der Waals surface area contributed by atoms with Crippen molar-refractivity contribution in [3.63, 3.8) is 0 Å². The van der Waals surface area contributed by atoms with Crippen molar-refractivity contribution in [2.75, 3.05) is 6.67 Å². The highest BCUT2D eigenvalue weighted by molar-refractivity contribution is 6.35. The summed E-state index contributed by atoms with van der Waals surface area (Å²) in [5, 5.41) is 0.276. The van der Waals surface area contributed by atoms with Crippen molar-refractivity contribution in [3.05, 3.63) is 16.8 Å². The van der Waals surface area contributed by atoms with Gasteiger partial charge >= 0.3 is 0 Å². The maximum atomic E-state index is 12.0. The van der Waals surface area contributed by atoms with Crippen molar-refractivity contribution in [3.8, 4) is 0 Å². The lowest BCUT2D eigenvalue weighted by Crippen LogP contribution is -1.99. The third-order valence-electron chi connectivity index (χ3n) is 1.93. The lowest BCUT2D eigenvalue weighted by molar-refractivity contribution is 0.449. The minimum Gasteiger partial charge on any atom is -0.315 e. The van der Waals surface area contributed by atoms with Gasteiger partial charge in [-0.25, -0.2) is 9.97 Å². The van der Waals surface area contributed by atoms with Gasteiger partial charge in [0.2, 0.25) is 5.28 Å². The van der Waals surface area contributed by atoms with Gasteiger partial charge in [0, 0.05) is 6.54 Å². The number of halogens is 3. The molecule has 2 aromatic rings. The molecular formula is C8H7Cl2FN4. The molecule has 0 atom stereocenters. The molecule has 0 saturated carbocycles. The maximum absolute atomic E-state index is 12.0. The largest absolute Gasteiger partial charge is 0.315 e. The molecule has 0 spiro atoms. The van der Waals surface area contributed by atoms with Gasteiger partial charge in [0.25, 0.3) is 0 Å². The quantitative estimate of drug-likeness (QED) is 0.620. The first kappa shape index (κ1) is 10.6. The molecule has 0 amide bonds. The highest BCUT2D eigenvalue weighted by Crippen LogP contribution is 2.20. The Kier molecular flexibility index (Phi) is 3.02. The first-order valence-electron chi connectivity index (χ1n) is 4.32. The van der Waals surface area contributed by atoms with Crippen molar-refractivity contribution in [1.82, 2.24) is 19.5 Å². The molecule has 0 unspecified atom stereocenters. The van der Waals surface area contributed by atoms with E-state index in [9.17, 15) is 4.39 Å². The van der Waals surface area contributed by atoms with E-state index in [1.165, 1.54) is 0 Å². The predicted molar refractivity (Wildman–Crippen MR) is 55.9 cm³/mol. The van der Waals surface area contributed by atoms with E-state index in [2.05, 4.69) is 15.0 Å². The van der Waals surface area contributed by atoms with Gasteiger partial charge in [-0.05, 0) is 18.0 Å². The van der Waals surface area contributed by atoms with Crippen LogP contribution in [0.2, 0.25) is 10.4 Å². The molecule has 15 heavy (non-hydrogen) atoms. The molecule has 2 aromatic heterocycles. The standard InChI is InChI=1S/C8H7Cl2FN4/c9-6-5-7(14-8(10)13-6)15(4-12-5)3-1-2-11/h4H,1-3H2. The summed E-state index contributed by atoms with van der Waals surface area (Å²) in [6.07, 6.45) is 1.96. The monoisotopic (exact) mass is 248 g/mol. The summed E-state index contributed by atoms with van der Waals surface area (Å²) in [5.41, 5.74) is 1.02. The number of rotatable bonds is 3. The van der Waals surface area contributed by atoms with Crippen LogP contribution in [-0.4, -0.2) is 26.2 Å². The molecular weight excluding hydrogens is 242 g/mol. The molecule has 0 saturated heterocycles. The summed E-state index contributed by atoms with van der Waals surface area (Å²) in [6.45, 7) is 0.114. The van der Waals surface area contributed by atoms with Gasteiger partial charge in [0.05, 0.1) is 13.0 Å². The van der Waals surface area contributed by atoms with Gasteiger partial charge < -0.3 is 4.57 Å². The van der Waals surface area contributed by atoms with Crippen LogP contribution in [0.15, 0.2) is 6.33 Å². The van der Waals surface area contributed by atoms with Crippen molar-refractivity contribution in [2.24, 2.45) is 0 Å².